The Labute approximate surface area is 147 Å². The van der Waals surface area contributed by atoms with Gasteiger partial charge in [0.1, 0.15) is 11.3 Å². The number of hydrogen-bond acceptors (Lipinski definition) is 3. The highest BCUT2D eigenvalue weighted by molar-refractivity contribution is 5.86. The minimum atomic E-state index is -0.210. The van der Waals surface area contributed by atoms with E-state index in [1.807, 2.05) is 32.2 Å². The van der Waals surface area contributed by atoms with Gasteiger partial charge >= 0.3 is 0 Å². The van der Waals surface area contributed by atoms with Crippen molar-refractivity contribution in [1.29, 1.82) is 0 Å². The highest BCUT2D eigenvalue weighted by atomic mass is 19.1. The Hall–Kier alpha value is -2.46. The van der Waals surface area contributed by atoms with Crippen LogP contribution < -0.4 is 5.32 Å². The number of nitrogens with one attached hydrogen (secondary N) is 1. The highest BCUT2D eigenvalue weighted by Gasteiger charge is 2.12. The van der Waals surface area contributed by atoms with E-state index >= 15 is 0 Å². The summed E-state index contributed by atoms with van der Waals surface area (Å²) in [5.74, 6) is 0.463. The summed E-state index contributed by atoms with van der Waals surface area (Å²) < 4.78 is 19.3. The molecule has 0 aliphatic carbocycles. The molecular formula is C21H23FN2O. The minimum Gasteiger partial charge on any atom is -0.439 e. The van der Waals surface area contributed by atoms with Crippen molar-refractivity contribution >= 4 is 16.7 Å². The molecule has 0 amide bonds. The van der Waals surface area contributed by atoms with Crippen LogP contribution in [0, 0.1) is 12.7 Å². The van der Waals surface area contributed by atoms with Crippen molar-refractivity contribution in [3.63, 3.8) is 0 Å². The smallest absolute Gasteiger partial charge is 0.209 e. The van der Waals surface area contributed by atoms with E-state index in [1.165, 1.54) is 6.07 Å². The fraction of sp³-hybridized carbons (Fsp3) is 0.286. The number of rotatable bonds is 6. The van der Waals surface area contributed by atoms with Crippen molar-refractivity contribution in [2.45, 2.75) is 33.2 Å². The van der Waals surface area contributed by atoms with Crippen LogP contribution in [0.3, 0.4) is 0 Å². The third kappa shape index (κ3) is 3.80. The second kappa shape index (κ2) is 7.62. The fourth-order valence-electron chi connectivity index (χ4n) is 2.97. The van der Waals surface area contributed by atoms with Crippen LogP contribution in [0.1, 0.15) is 42.3 Å². The van der Waals surface area contributed by atoms with Crippen molar-refractivity contribution < 1.29 is 8.81 Å². The maximum Gasteiger partial charge on any atom is 0.209 e. The molecule has 3 nitrogen and oxygen atoms in total. The maximum atomic E-state index is 13.5. The lowest BCUT2D eigenvalue weighted by Gasteiger charge is -2.12. The summed E-state index contributed by atoms with van der Waals surface area (Å²) in [5.41, 5.74) is 5.75. The molecule has 4 heteroatoms. The molecule has 0 fully saturated rings. The zero-order chi connectivity index (χ0) is 17.8. The summed E-state index contributed by atoms with van der Waals surface area (Å²) in [6.45, 7) is 4.69. The van der Waals surface area contributed by atoms with E-state index in [0.29, 0.717) is 12.4 Å². The first-order chi connectivity index (χ1) is 12.1. The average Bonchev–Trinajstić information content (AvgIpc) is 2.98. The molecule has 0 atom stereocenters. The van der Waals surface area contributed by atoms with Gasteiger partial charge in [0.25, 0.3) is 0 Å². The molecule has 3 aromatic rings. The molecule has 0 bridgehead atoms. The van der Waals surface area contributed by atoms with Gasteiger partial charge in [-0.1, -0.05) is 31.6 Å². The molecule has 0 aliphatic heterocycles. The third-order valence-corrected chi connectivity index (χ3v) is 4.19. The topological polar surface area (TPSA) is 38.1 Å². The monoisotopic (exact) mass is 338 g/mol. The Morgan fingerprint density at radius 3 is 2.80 bits per heavy atom. The number of hydrogen-bond donors (Lipinski definition) is 1. The van der Waals surface area contributed by atoms with Gasteiger partial charge in [0.05, 0.1) is 6.54 Å². The molecule has 3 rings (SSSR count). The van der Waals surface area contributed by atoms with Gasteiger partial charge in [-0.2, -0.15) is 0 Å². The molecule has 2 aromatic carbocycles. The summed E-state index contributed by atoms with van der Waals surface area (Å²) in [6, 6.07) is 11.0. The minimum absolute atomic E-state index is 0.210. The van der Waals surface area contributed by atoms with Gasteiger partial charge in [0.15, 0.2) is 5.58 Å². The summed E-state index contributed by atoms with van der Waals surface area (Å²) in [5, 5.41) is 3.05. The van der Waals surface area contributed by atoms with Crippen LogP contribution in [-0.4, -0.2) is 12.0 Å². The first-order valence-corrected chi connectivity index (χ1v) is 8.63. The molecule has 0 aliphatic rings. The van der Waals surface area contributed by atoms with E-state index in [0.717, 1.165) is 46.2 Å². The Kier molecular flexibility index (Phi) is 5.29. The molecule has 130 valence electrons. The molecule has 0 spiro atoms. The van der Waals surface area contributed by atoms with Crippen LogP contribution in [0.5, 0.6) is 0 Å². The van der Waals surface area contributed by atoms with Gasteiger partial charge in [0.2, 0.25) is 5.89 Å². The van der Waals surface area contributed by atoms with Crippen molar-refractivity contribution in [3.05, 3.63) is 70.9 Å². The van der Waals surface area contributed by atoms with Crippen LogP contribution in [-0.2, 0) is 6.54 Å². The zero-order valence-electron chi connectivity index (χ0n) is 14.9. The Bertz CT molecular complexity index is 911. The lowest BCUT2D eigenvalue weighted by Crippen LogP contribution is -2.04. The Balaban J connectivity index is 2.08. The van der Waals surface area contributed by atoms with Gasteiger partial charge in [0, 0.05) is 0 Å². The number of aromatic nitrogens is 1. The number of aryl methyl sites for hydroxylation is 1. The van der Waals surface area contributed by atoms with E-state index in [4.69, 9.17) is 4.42 Å². The Morgan fingerprint density at radius 1 is 1.24 bits per heavy atom. The molecule has 25 heavy (non-hydrogen) atoms. The van der Waals surface area contributed by atoms with Gasteiger partial charge in [-0.3, -0.25) is 0 Å². The number of unbranched alkanes of at least 4 members (excludes halogenated alkanes) is 1. The van der Waals surface area contributed by atoms with Crippen LogP contribution in [0.15, 0.2) is 46.9 Å². The third-order valence-electron chi connectivity index (χ3n) is 4.19. The van der Waals surface area contributed by atoms with Crippen molar-refractivity contribution in [1.82, 2.24) is 10.3 Å². The summed E-state index contributed by atoms with van der Waals surface area (Å²) >= 11 is 0. The molecule has 1 aromatic heterocycles. The second-order valence-corrected chi connectivity index (χ2v) is 6.19. The lowest BCUT2D eigenvalue weighted by molar-refractivity contribution is 0.511. The van der Waals surface area contributed by atoms with E-state index in [9.17, 15) is 4.39 Å². The van der Waals surface area contributed by atoms with Crippen LogP contribution in [0.4, 0.5) is 4.39 Å². The fourth-order valence-corrected chi connectivity index (χ4v) is 2.97. The molecular weight excluding hydrogens is 315 g/mol. The van der Waals surface area contributed by atoms with Crippen LogP contribution >= 0.6 is 0 Å². The standard InChI is InChI=1S/C21H23FN2O/c1-4-5-6-18(17-9-8-16(22)11-14(17)2)15-7-10-19-20(12-15)25-21(24-19)13-23-3/h6-12,23H,4-5,13H2,1-3H3/b18-6-. The summed E-state index contributed by atoms with van der Waals surface area (Å²) in [6.07, 6.45) is 4.23. The summed E-state index contributed by atoms with van der Waals surface area (Å²) in [4.78, 5) is 4.47. The number of oxazole rings is 1. The average molecular weight is 338 g/mol. The first-order valence-electron chi connectivity index (χ1n) is 8.63. The second-order valence-electron chi connectivity index (χ2n) is 6.19. The van der Waals surface area contributed by atoms with Crippen molar-refractivity contribution in [3.8, 4) is 0 Å². The van der Waals surface area contributed by atoms with Gasteiger partial charge in [-0.15, -0.1) is 0 Å². The number of nitrogens with zero attached hydrogens (tertiary/aromatic N) is 1. The van der Waals surface area contributed by atoms with Gasteiger partial charge in [-0.25, -0.2) is 9.37 Å². The van der Waals surface area contributed by atoms with Crippen LogP contribution in [0.25, 0.3) is 16.7 Å². The van der Waals surface area contributed by atoms with Gasteiger partial charge < -0.3 is 9.73 Å². The zero-order valence-corrected chi connectivity index (χ0v) is 14.9. The van der Waals surface area contributed by atoms with Crippen molar-refractivity contribution in [2.24, 2.45) is 0 Å². The quantitative estimate of drug-likeness (QED) is 0.669. The van der Waals surface area contributed by atoms with E-state index < -0.39 is 0 Å². The molecule has 0 radical (unpaired) electrons. The molecule has 0 saturated heterocycles. The maximum absolute atomic E-state index is 13.5. The van der Waals surface area contributed by atoms with Crippen molar-refractivity contribution in [2.75, 3.05) is 7.05 Å². The SMILES string of the molecule is CCC/C=C(/c1ccc2nc(CNC)oc2c1)c1ccc(F)cc1C. The predicted molar refractivity (Wildman–Crippen MR) is 99.9 cm³/mol. The number of benzene rings is 2. The lowest BCUT2D eigenvalue weighted by atomic mass is 9.93. The van der Waals surface area contributed by atoms with E-state index in [1.54, 1.807) is 6.07 Å². The van der Waals surface area contributed by atoms with Gasteiger partial charge in [-0.05, 0) is 66.9 Å². The normalized spacial score (nSPS) is 12.1. The highest BCUT2D eigenvalue weighted by Crippen LogP contribution is 2.30. The number of allylic oxidation sites excluding steroid dienone is 1. The number of halogens is 1. The molecule has 1 heterocycles. The first kappa shape index (κ1) is 17.4. The molecule has 0 unspecified atom stereocenters. The largest absolute Gasteiger partial charge is 0.439 e. The summed E-state index contributed by atoms with van der Waals surface area (Å²) in [7, 11) is 1.86. The van der Waals surface area contributed by atoms with Crippen LogP contribution in [0.2, 0.25) is 0 Å². The molecule has 0 saturated carbocycles. The molecule has 1 N–H and O–H groups in total. The predicted octanol–water partition coefficient (Wildman–Crippen LogP) is 5.23. The van der Waals surface area contributed by atoms with E-state index in [-0.39, 0.29) is 5.82 Å². The number of fused-ring (bicyclic) bond motifs is 1. The Morgan fingerprint density at radius 2 is 2.08 bits per heavy atom. The van der Waals surface area contributed by atoms with E-state index in [2.05, 4.69) is 29.4 Å².